The summed E-state index contributed by atoms with van der Waals surface area (Å²) in [6, 6.07) is 9.23. The van der Waals surface area contributed by atoms with Crippen molar-refractivity contribution in [2.24, 2.45) is 11.6 Å². The van der Waals surface area contributed by atoms with Crippen molar-refractivity contribution in [1.82, 2.24) is 19.9 Å². The zero-order chi connectivity index (χ0) is 23.8. The Morgan fingerprint density at radius 2 is 1.91 bits per heavy atom. The molecule has 178 valence electrons. The minimum Gasteiger partial charge on any atom is -0.489 e. The molecule has 1 aliphatic rings. The molecule has 0 spiro atoms. The number of likely N-dealkylation sites (N-methyl/N-ethyl adjacent to an activating group) is 1. The summed E-state index contributed by atoms with van der Waals surface area (Å²) in [5, 5.41) is 1.34. The minimum absolute atomic E-state index is 0.0920. The predicted molar refractivity (Wildman–Crippen MR) is 127 cm³/mol. The number of hydrogen-bond donors (Lipinski definition) is 2. The Morgan fingerprint density at radius 1 is 1.15 bits per heavy atom. The van der Waals surface area contributed by atoms with Crippen LogP contribution in [0.3, 0.4) is 0 Å². The second kappa shape index (κ2) is 11.5. The van der Waals surface area contributed by atoms with E-state index in [1.165, 1.54) is 29.2 Å². The van der Waals surface area contributed by atoms with Crippen molar-refractivity contribution in [1.29, 1.82) is 0 Å². The van der Waals surface area contributed by atoms with Crippen LogP contribution in [0.2, 0.25) is 0 Å². The molecule has 0 bridgehead atoms. The summed E-state index contributed by atoms with van der Waals surface area (Å²) in [7, 11) is 3.28. The fraction of sp³-hybridized carbons (Fsp3) is 0.458. The van der Waals surface area contributed by atoms with Gasteiger partial charge in [-0.25, -0.2) is 15.6 Å². The topological polar surface area (TPSA) is 120 Å². The lowest BCUT2D eigenvalue weighted by molar-refractivity contribution is 0.111. The Bertz CT molecular complexity index is 958. The number of nitrogens with two attached hydrogens (primary N) is 2. The molecule has 0 unspecified atom stereocenters. The zero-order valence-corrected chi connectivity index (χ0v) is 19.7. The molecule has 4 N–H and O–H groups in total. The summed E-state index contributed by atoms with van der Waals surface area (Å²) < 4.78 is 11.6. The van der Waals surface area contributed by atoms with E-state index in [1.54, 1.807) is 26.4 Å². The van der Waals surface area contributed by atoms with E-state index in [0.29, 0.717) is 23.6 Å². The van der Waals surface area contributed by atoms with Gasteiger partial charge in [-0.1, -0.05) is 12.5 Å². The van der Waals surface area contributed by atoms with Crippen LogP contribution in [0.1, 0.15) is 49.2 Å². The van der Waals surface area contributed by atoms with Gasteiger partial charge in [0.25, 0.3) is 0 Å². The van der Waals surface area contributed by atoms with Crippen LogP contribution in [-0.2, 0) is 11.3 Å². The van der Waals surface area contributed by atoms with Crippen LogP contribution in [0.25, 0.3) is 5.70 Å². The van der Waals surface area contributed by atoms with E-state index in [9.17, 15) is 4.79 Å². The van der Waals surface area contributed by atoms with Gasteiger partial charge in [0.2, 0.25) is 0 Å². The van der Waals surface area contributed by atoms with E-state index in [1.807, 2.05) is 31.2 Å². The number of ether oxygens (including phenoxy) is 2. The monoisotopic (exact) mass is 454 g/mol. The van der Waals surface area contributed by atoms with Gasteiger partial charge in [-0.15, -0.1) is 0 Å². The van der Waals surface area contributed by atoms with Crippen LogP contribution in [0, 0.1) is 6.92 Å². The minimum atomic E-state index is -0.506. The first-order valence-electron chi connectivity index (χ1n) is 11.2. The van der Waals surface area contributed by atoms with E-state index in [2.05, 4.69) is 9.97 Å². The van der Waals surface area contributed by atoms with Crippen molar-refractivity contribution in [2.45, 2.75) is 51.7 Å². The molecular weight excluding hydrogens is 420 g/mol. The first kappa shape index (κ1) is 24.3. The SMILES string of the molecule is Cc1nc(/C(N)=C(\COC(=O)N(C)Cc2ccccn2)N(C)N)ccc1OC1CCCCC1. The quantitative estimate of drug-likeness (QED) is 0.461. The molecule has 1 aliphatic carbocycles. The highest BCUT2D eigenvalue weighted by atomic mass is 16.6. The van der Waals surface area contributed by atoms with E-state index >= 15 is 0 Å². The largest absolute Gasteiger partial charge is 0.489 e. The molecule has 0 atom stereocenters. The summed E-state index contributed by atoms with van der Waals surface area (Å²) in [4.78, 5) is 22.7. The van der Waals surface area contributed by atoms with Crippen LogP contribution in [-0.4, -0.2) is 52.8 Å². The van der Waals surface area contributed by atoms with Gasteiger partial charge in [-0.05, 0) is 56.9 Å². The maximum atomic E-state index is 12.4. The smallest absolute Gasteiger partial charge is 0.410 e. The molecule has 9 nitrogen and oxygen atoms in total. The molecule has 0 radical (unpaired) electrons. The highest BCUT2D eigenvalue weighted by molar-refractivity contribution is 5.68. The number of pyridine rings is 2. The average Bonchev–Trinajstić information content (AvgIpc) is 2.81. The van der Waals surface area contributed by atoms with Crippen molar-refractivity contribution < 1.29 is 14.3 Å². The predicted octanol–water partition coefficient (Wildman–Crippen LogP) is 3.20. The number of rotatable bonds is 8. The van der Waals surface area contributed by atoms with Crippen molar-refractivity contribution in [2.75, 3.05) is 20.7 Å². The fourth-order valence-electron chi connectivity index (χ4n) is 3.74. The molecule has 2 aromatic rings. The standard InChI is InChI=1S/C24H34N6O3/c1-17-22(33-19-10-5-4-6-11-19)13-12-20(28-17)23(25)21(30(3)26)16-32-24(31)29(2)15-18-9-7-8-14-27-18/h7-9,12-14,19H,4-6,10-11,15-16,25-26H2,1-3H3/b23-21-. The van der Waals surface area contributed by atoms with Gasteiger partial charge < -0.3 is 25.1 Å². The number of aromatic nitrogens is 2. The number of hydrogen-bond acceptors (Lipinski definition) is 8. The number of nitrogens with zero attached hydrogens (tertiary/aromatic N) is 4. The Hall–Kier alpha value is -3.33. The molecule has 1 fully saturated rings. The summed E-state index contributed by atoms with van der Waals surface area (Å²) in [6.07, 6.45) is 7.24. The molecule has 0 aromatic carbocycles. The lowest BCUT2D eigenvalue weighted by Crippen LogP contribution is -2.33. The third kappa shape index (κ3) is 6.82. The van der Waals surface area contributed by atoms with Crippen LogP contribution in [0.5, 0.6) is 5.75 Å². The zero-order valence-electron chi connectivity index (χ0n) is 19.7. The van der Waals surface area contributed by atoms with E-state index < -0.39 is 6.09 Å². The molecule has 0 saturated heterocycles. The van der Waals surface area contributed by atoms with Crippen LogP contribution >= 0.6 is 0 Å². The fourth-order valence-corrected chi connectivity index (χ4v) is 3.74. The van der Waals surface area contributed by atoms with Gasteiger partial charge in [0.15, 0.2) is 0 Å². The molecule has 2 heterocycles. The second-order valence-corrected chi connectivity index (χ2v) is 8.36. The Kier molecular flexibility index (Phi) is 8.48. The number of carbonyl (C=O) groups is 1. The summed E-state index contributed by atoms with van der Waals surface area (Å²) in [5.74, 6) is 6.75. The molecule has 0 aliphatic heterocycles. The summed E-state index contributed by atoms with van der Waals surface area (Å²) >= 11 is 0. The first-order chi connectivity index (χ1) is 15.8. The maximum absolute atomic E-state index is 12.4. The molecule has 1 amide bonds. The molecule has 2 aromatic heterocycles. The second-order valence-electron chi connectivity index (χ2n) is 8.36. The van der Waals surface area contributed by atoms with Crippen molar-refractivity contribution in [3.63, 3.8) is 0 Å². The van der Waals surface area contributed by atoms with Gasteiger partial charge in [-0.2, -0.15) is 0 Å². The van der Waals surface area contributed by atoms with E-state index in [0.717, 1.165) is 30.0 Å². The van der Waals surface area contributed by atoms with Crippen LogP contribution < -0.4 is 16.3 Å². The molecule has 1 saturated carbocycles. The van der Waals surface area contributed by atoms with E-state index in [-0.39, 0.29) is 12.7 Å². The third-order valence-corrected chi connectivity index (χ3v) is 5.67. The van der Waals surface area contributed by atoms with Crippen molar-refractivity contribution in [3.05, 3.63) is 59.3 Å². The number of hydrazine groups is 1. The lowest BCUT2D eigenvalue weighted by Gasteiger charge is -2.24. The van der Waals surface area contributed by atoms with Gasteiger partial charge in [0, 0.05) is 20.3 Å². The normalized spacial score (nSPS) is 14.9. The molecule has 9 heteroatoms. The Morgan fingerprint density at radius 3 is 2.55 bits per heavy atom. The van der Waals surface area contributed by atoms with Crippen LogP contribution in [0.15, 0.2) is 42.2 Å². The summed E-state index contributed by atoms with van der Waals surface area (Å²) in [6.45, 7) is 2.13. The third-order valence-electron chi connectivity index (χ3n) is 5.67. The van der Waals surface area contributed by atoms with Crippen molar-refractivity contribution >= 4 is 11.8 Å². The highest BCUT2D eigenvalue weighted by Crippen LogP contribution is 2.26. The molecular formula is C24H34N6O3. The number of carbonyl (C=O) groups excluding carboxylic acids is 1. The highest BCUT2D eigenvalue weighted by Gasteiger charge is 2.19. The van der Waals surface area contributed by atoms with Gasteiger partial charge in [0.05, 0.1) is 41.1 Å². The Balaban J connectivity index is 1.66. The van der Waals surface area contributed by atoms with Crippen LogP contribution in [0.4, 0.5) is 4.79 Å². The molecule has 33 heavy (non-hydrogen) atoms. The van der Waals surface area contributed by atoms with E-state index in [4.69, 9.17) is 21.1 Å². The van der Waals surface area contributed by atoms with Gasteiger partial charge in [0.1, 0.15) is 12.4 Å². The molecule has 3 rings (SSSR count). The summed E-state index contributed by atoms with van der Waals surface area (Å²) in [5.41, 5.74) is 9.22. The average molecular weight is 455 g/mol. The maximum Gasteiger partial charge on any atom is 0.410 e. The number of amides is 1. The van der Waals surface area contributed by atoms with Crippen molar-refractivity contribution in [3.8, 4) is 5.75 Å². The number of aryl methyl sites for hydroxylation is 1. The van der Waals surface area contributed by atoms with Gasteiger partial charge >= 0.3 is 6.09 Å². The first-order valence-corrected chi connectivity index (χ1v) is 11.2. The lowest BCUT2D eigenvalue weighted by atomic mass is 9.98. The van der Waals surface area contributed by atoms with Gasteiger partial charge in [-0.3, -0.25) is 4.98 Å². The Labute approximate surface area is 195 Å².